The second-order valence-electron chi connectivity index (χ2n) is 4.23. The van der Waals surface area contributed by atoms with Crippen LogP contribution in [0.3, 0.4) is 0 Å². The molecule has 0 aliphatic rings. The predicted octanol–water partition coefficient (Wildman–Crippen LogP) is 4.67. The third-order valence-electron chi connectivity index (χ3n) is 2.90. The molecule has 0 saturated carbocycles. The summed E-state index contributed by atoms with van der Waals surface area (Å²) in [6.45, 7) is 2.16. The van der Waals surface area contributed by atoms with Crippen LogP contribution < -0.4 is 5.32 Å². The lowest BCUT2D eigenvalue weighted by atomic mass is 10.1. The van der Waals surface area contributed by atoms with Crippen LogP contribution in [0.1, 0.15) is 25.1 Å². The monoisotopic (exact) mass is 336 g/mol. The second kappa shape index (κ2) is 7.08. The van der Waals surface area contributed by atoms with Crippen LogP contribution in [-0.4, -0.2) is 12.0 Å². The molecule has 0 aliphatic carbocycles. The van der Waals surface area contributed by atoms with Crippen molar-refractivity contribution in [2.75, 3.05) is 7.05 Å². The predicted molar refractivity (Wildman–Crippen MR) is 84.6 cm³/mol. The van der Waals surface area contributed by atoms with Gasteiger partial charge >= 0.3 is 0 Å². The number of rotatable bonds is 5. The van der Waals surface area contributed by atoms with Gasteiger partial charge in [0.05, 0.1) is 5.69 Å². The van der Waals surface area contributed by atoms with E-state index in [0.29, 0.717) is 6.04 Å². The van der Waals surface area contributed by atoms with Gasteiger partial charge in [-0.1, -0.05) is 40.7 Å². The first-order valence-corrected chi connectivity index (χ1v) is 7.90. The van der Waals surface area contributed by atoms with Gasteiger partial charge in [-0.3, -0.25) is 4.98 Å². The molecule has 1 heterocycles. The molecule has 0 spiro atoms. The Balaban J connectivity index is 2.10. The van der Waals surface area contributed by atoms with Crippen molar-refractivity contribution in [3.05, 3.63) is 52.8 Å². The van der Waals surface area contributed by atoms with Crippen LogP contribution in [0.15, 0.2) is 56.9 Å². The normalized spacial score (nSPS) is 12.4. The lowest BCUT2D eigenvalue weighted by Gasteiger charge is -2.13. The van der Waals surface area contributed by atoms with Gasteiger partial charge in [-0.2, -0.15) is 0 Å². The van der Waals surface area contributed by atoms with Crippen LogP contribution in [0, 0.1) is 0 Å². The number of nitrogens with zero attached hydrogens (tertiary/aromatic N) is 1. The Labute approximate surface area is 127 Å². The summed E-state index contributed by atoms with van der Waals surface area (Å²) in [6.07, 6.45) is 2.99. The van der Waals surface area contributed by atoms with E-state index < -0.39 is 0 Å². The maximum atomic E-state index is 4.54. The highest BCUT2D eigenvalue weighted by atomic mass is 79.9. The fourth-order valence-electron chi connectivity index (χ4n) is 1.89. The van der Waals surface area contributed by atoms with Crippen molar-refractivity contribution in [3.63, 3.8) is 0 Å². The molecule has 0 radical (unpaired) electrons. The van der Waals surface area contributed by atoms with Crippen LogP contribution in [0.5, 0.6) is 0 Å². The summed E-state index contributed by atoms with van der Waals surface area (Å²) in [5.74, 6) is 0. The van der Waals surface area contributed by atoms with Crippen molar-refractivity contribution in [1.29, 1.82) is 0 Å². The highest BCUT2D eigenvalue weighted by molar-refractivity contribution is 9.10. The number of benzene rings is 1. The third-order valence-corrected chi connectivity index (χ3v) is 4.36. The number of hydrogen-bond donors (Lipinski definition) is 1. The van der Waals surface area contributed by atoms with E-state index in [0.717, 1.165) is 21.5 Å². The first-order valence-electron chi connectivity index (χ1n) is 6.29. The molecule has 4 heteroatoms. The van der Waals surface area contributed by atoms with Gasteiger partial charge in [0.25, 0.3) is 0 Å². The van der Waals surface area contributed by atoms with Crippen LogP contribution in [0.25, 0.3) is 0 Å². The van der Waals surface area contributed by atoms with Crippen LogP contribution in [-0.2, 0) is 0 Å². The average Bonchev–Trinajstić information content (AvgIpc) is 2.42. The zero-order valence-electron chi connectivity index (χ0n) is 11.1. The number of nitrogens with one attached hydrogen (secondary N) is 1. The Morgan fingerprint density at radius 3 is 2.68 bits per heavy atom. The molecule has 2 rings (SSSR count). The molecule has 2 aromatic rings. The highest BCUT2D eigenvalue weighted by Crippen LogP contribution is 2.29. The minimum atomic E-state index is 0.338. The highest BCUT2D eigenvalue weighted by Gasteiger charge is 2.07. The van der Waals surface area contributed by atoms with Crippen molar-refractivity contribution in [2.45, 2.75) is 29.2 Å². The molecule has 1 unspecified atom stereocenters. The van der Waals surface area contributed by atoms with Crippen molar-refractivity contribution in [1.82, 2.24) is 10.3 Å². The number of aromatic nitrogens is 1. The minimum Gasteiger partial charge on any atom is -0.312 e. The standard InChI is InChI=1S/C15H17BrN2S/c1-3-14(17-2)15-8-7-13(10-18-15)19-12-6-4-5-11(16)9-12/h4-10,14,17H,3H2,1-2H3. The summed E-state index contributed by atoms with van der Waals surface area (Å²) in [5, 5.41) is 3.27. The molecule has 19 heavy (non-hydrogen) atoms. The third kappa shape index (κ3) is 4.06. The topological polar surface area (TPSA) is 24.9 Å². The van der Waals surface area contributed by atoms with Gasteiger partial charge in [0.15, 0.2) is 0 Å². The maximum Gasteiger partial charge on any atom is 0.0573 e. The Hall–Kier alpha value is -0.840. The molecular formula is C15H17BrN2S. The molecule has 0 fully saturated rings. The molecule has 2 nitrogen and oxygen atoms in total. The van der Waals surface area contributed by atoms with E-state index >= 15 is 0 Å². The van der Waals surface area contributed by atoms with E-state index in [4.69, 9.17) is 0 Å². The number of pyridine rings is 1. The molecule has 0 amide bonds. The van der Waals surface area contributed by atoms with Gasteiger partial charge in [-0.15, -0.1) is 0 Å². The molecule has 100 valence electrons. The fourth-order valence-corrected chi connectivity index (χ4v) is 3.28. The van der Waals surface area contributed by atoms with Crippen molar-refractivity contribution >= 4 is 27.7 Å². The van der Waals surface area contributed by atoms with Gasteiger partial charge in [-0.25, -0.2) is 0 Å². The Bertz CT molecular complexity index is 524. The smallest absolute Gasteiger partial charge is 0.0573 e. The average molecular weight is 337 g/mol. The lowest BCUT2D eigenvalue weighted by molar-refractivity contribution is 0.561. The van der Waals surface area contributed by atoms with Crippen molar-refractivity contribution in [2.24, 2.45) is 0 Å². The summed E-state index contributed by atoms with van der Waals surface area (Å²) in [4.78, 5) is 6.92. The fraction of sp³-hybridized carbons (Fsp3) is 0.267. The molecule has 1 N–H and O–H groups in total. The molecule has 1 atom stereocenters. The Morgan fingerprint density at radius 1 is 1.26 bits per heavy atom. The quantitative estimate of drug-likeness (QED) is 0.858. The van der Waals surface area contributed by atoms with E-state index in [-0.39, 0.29) is 0 Å². The van der Waals surface area contributed by atoms with Gasteiger partial charge < -0.3 is 5.32 Å². The molecule has 0 bridgehead atoms. The largest absolute Gasteiger partial charge is 0.312 e. The molecular weight excluding hydrogens is 320 g/mol. The molecule has 1 aromatic heterocycles. The number of hydrogen-bond acceptors (Lipinski definition) is 3. The van der Waals surface area contributed by atoms with Crippen LogP contribution in [0.2, 0.25) is 0 Å². The molecule has 0 aliphatic heterocycles. The van der Waals surface area contributed by atoms with Crippen molar-refractivity contribution in [3.8, 4) is 0 Å². The number of halogens is 1. The molecule has 0 saturated heterocycles. The summed E-state index contributed by atoms with van der Waals surface area (Å²) >= 11 is 5.21. The first-order chi connectivity index (χ1) is 9.22. The van der Waals surface area contributed by atoms with E-state index in [1.165, 1.54) is 4.90 Å². The Kier molecular flexibility index (Phi) is 5.43. The van der Waals surface area contributed by atoms with E-state index in [9.17, 15) is 0 Å². The van der Waals surface area contributed by atoms with E-state index in [2.05, 4.69) is 57.4 Å². The minimum absolute atomic E-state index is 0.338. The van der Waals surface area contributed by atoms with Crippen LogP contribution >= 0.6 is 27.7 Å². The van der Waals surface area contributed by atoms with E-state index in [1.807, 2.05) is 25.4 Å². The van der Waals surface area contributed by atoms with Crippen LogP contribution in [0.4, 0.5) is 0 Å². The van der Waals surface area contributed by atoms with Gasteiger partial charge in [0.2, 0.25) is 0 Å². The van der Waals surface area contributed by atoms with Gasteiger partial charge in [-0.05, 0) is 43.8 Å². The summed E-state index contributed by atoms with van der Waals surface area (Å²) in [7, 11) is 1.97. The maximum absolute atomic E-state index is 4.54. The zero-order valence-corrected chi connectivity index (χ0v) is 13.5. The summed E-state index contributed by atoms with van der Waals surface area (Å²) < 4.78 is 1.10. The Morgan fingerprint density at radius 2 is 2.11 bits per heavy atom. The summed E-state index contributed by atoms with van der Waals surface area (Å²) in [5.41, 5.74) is 1.10. The second-order valence-corrected chi connectivity index (χ2v) is 6.29. The van der Waals surface area contributed by atoms with E-state index in [1.54, 1.807) is 11.8 Å². The van der Waals surface area contributed by atoms with Gasteiger partial charge in [0, 0.05) is 26.5 Å². The summed E-state index contributed by atoms with van der Waals surface area (Å²) in [6, 6.07) is 12.9. The first kappa shape index (κ1) is 14.6. The van der Waals surface area contributed by atoms with Crippen molar-refractivity contribution < 1.29 is 0 Å². The van der Waals surface area contributed by atoms with Gasteiger partial charge in [0.1, 0.15) is 0 Å². The lowest BCUT2D eigenvalue weighted by Crippen LogP contribution is -2.16. The molecule has 1 aromatic carbocycles. The zero-order chi connectivity index (χ0) is 13.7. The SMILES string of the molecule is CCC(NC)c1ccc(Sc2cccc(Br)c2)cn1.